The zero-order valence-corrected chi connectivity index (χ0v) is 15.1. The van der Waals surface area contributed by atoms with Gasteiger partial charge in [-0.1, -0.05) is 18.5 Å². The number of hydrogen-bond acceptors (Lipinski definition) is 4. The molecular weight excluding hydrogens is 356 g/mol. The third-order valence-corrected chi connectivity index (χ3v) is 4.75. The Balaban J connectivity index is 1.72. The molecule has 1 fully saturated rings. The molecule has 0 atom stereocenters. The summed E-state index contributed by atoms with van der Waals surface area (Å²) in [6, 6.07) is 10.9. The van der Waals surface area contributed by atoms with E-state index < -0.39 is 4.92 Å². The zero-order valence-electron chi connectivity index (χ0n) is 14.4. The van der Waals surface area contributed by atoms with E-state index >= 15 is 0 Å². The molecule has 136 valence electrons. The summed E-state index contributed by atoms with van der Waals surface area (Å²) in [7, 11) is 0. The lowest BCUT2D eigenvalue weighted by atomic mass is 9.98. The van der Waals surface area contributed by atoms with Gasteiger partial charge in [0.1, 0.15) is 5.75 Å². The van der Waals surface area contributed by atoms with Crippen molar-refractivity contribution in [1.29, 1.82) is 0 Å². The minimum absolute atomic E-state index is 0.000855. The van der Waals surface area contributed by atoms with Gasteiger partial charge in [-0.3, -0.25) is 14.9 Å². The lowest BCUT2D eigenvalue weighted by molar-refractivity contribution is -0.385. The highest BCUT2D eigenvalue weighted by molar-refractivity contribution is 6.30. The number of nitro groups is 1. The molecule has 0 spiro atoms. The number of piperidine rings is 1. The Labute approximate surface area is 156 Å². The highest BCUT2D eigenvalue weighted by Gasteiger charge is 2.21. The Bertz CT molecular complexity index is 815. The van der Waals surface area contributed by atoms with Gasteiger partial charge >= 0.3 is 5.69 Å². The maximum Gasteiger partial charge on any atom is 0.313 e. The van der Waals surface area contributed by atoms with Crippen molar-refractivity contribution < 1.29 is 14.5 Å². The van der Waals surface area contributed by atoms with Crippen LogP contribution in [-0.2, 0) is 0 Å². The maximum atomic E-state index is 12.5. The van der Waals surface area contributed by atoms with Gasteiger partial charge in [-0.25, -0.2) is 0 Å². The molecule has 0 bridgehead atoms. The first-order valence-electron chi connectivity index (χ1n) is 8.45. The summed E-state index contributed by atoms with van der Waals surface area (Å²) in [5.74, 6) is 1.17. The molecule has 0 unspecified atom stereocenters. The summed E-state index contributed by atoms with van der Waals surface area (Å²) in [6.07, 6.45) is 2.04. The first-order chi connectivity index (χ1) is 12.4. The van der Waals surface area contributed by atoms with Crippen LogP contribution < -0.4 is 4.74 Å². The van der Waals surface area contributed by atoms with E-state index in [0.29, 0.717) is 17.2 Å². The Hall–Kier alpha value is -2.60. The summed E-state index contributed by atoms with van der Waals surface area (Å²) in [5.41, 5.74) is 0.373. The van der Waals surface area contributed by atoms with Gasteiger partial charge in [-0.2, -0.15) is 0 Å². The minimum Gasteiger partial charge on any atom is -0.450 e. The number of likely N-dealkylation sites (tertiary alicyclic amines) is 1. The third-order valence-electron chi connectivity index (χ3n) is 4.52. The molecule has 1 heterocycles. The van der Waals surface area contributed by atoms with Gasteiger partial charge in [0.15, 0.2) is 0 Å². The number of ether oxygens (including phenoxy) is 1. The van der Waals surface area contributed by atoms with E-state index in [1.165, 1.54) is 18.2 Å². The molecule has 0 aromatic heterocycles. The highest BCUT2D eigenvalue weighted by atomic mass is 35.5. The normalized spacial score (nSPS) is 14.9. The fourth-order valence-electron chi connectivity index (χ4n) is 2.91. The molecule has 0 saturated carbocycles. The molecule has 2 aromatic rings. The second-order valence-electron chi connectivity index (χ2n) is 6.47. The molecule has 1 amide bonds. The highest BCUT2D eigenvalue weighted by Crippen LogP contribution is 2.33. The molecule has 6 nitrogen and oxygen atoms in total. The van der Waals surface area contributed by atoms with Crippen LogP contribution in [0.2, 0.25) is 5.02 Å². The number of carbonyl (C=O) groups is 1. The largest absolute Gasteiger partial charge is 0.450 e. The third kappa shape index (κ3) is 4.14. The quantitative estimate of drug-likeness (QED) is 0.562. The smallest absolute Gasteiger partial charge is 0.313 e. The zero-order chi connectivity index (χ0) is 18.7. The number of nitrogens with zero attached hydrogens (tertiary/aromatic N) is 2. The molecule has 0 radical (unpaired) electrons. The monoisotopic (exact) mass is 374 g/mol. The van der Waals surface area contributed by atoms with Crippen molar-refractivity contribution in [3.63, 3.8) is 0 Å². The molecule has 1 saturated heterocycles. The number of halogens is 1. The van der Waals surface area contributed by atoms with Crippen molar-refractivity contribution in [2.45, 2.75) is 19.8 Å². The standard InChI is InChI=1S/C19H19ClN2O4/c1-13-8-10-21(11-9-13)19(23)14-2-5-16(6-3-14)26-18-7-4-15(20)12-17(18)22(24)25/h2-7,12-13H,8-11H2,1H3. The second-order valence-corrected chi connectivity index (χ2v) is 6.91. The maximum absolute atomic E-state index is 12.5. The van der Waals surface area contributed by atoms with Crippen molar-refractivity contribution in [3.05, 3.63) is 63.2 Å². The molecular formula is C19H19ClN2O4. The number of benzene rings is 2. The Kier molecular flexibility index (Phi) is 5.42. The lowest BCUT2D eigenvalue weighted by Gasteiger charge is -2.30. The number of nitro benzene ring substituents is 1. The van der Waals surface area contributed by atoms with E-state index in [0.717, 1.165) is 25.9 Å². The first-order valence-corrected chi connectivity index (χ1v) is 8.83. The fraction of sp³-hybridized carbons (Fsp3) is 0.316. The van der Waals surface area contributed by atoms with Crippen LogP contribution >= 0.6 is 11.6 Å². The number of amides is 1. The molecule has 0 N–H and O–H groups in total. The van der Waals surface area contributed by atoms with Crippen molar-refractivity contribution >= 4 is 23.2 Å². The van der Waals surface area contributed by atoms with Gasteiger partial charge in [-0.15, -0.1) is 0 Å². The molecule has 7 heteroatoms. The fourth-order valence-corrected chi connectivity index (χ4v) is 3.07. The molecule has 26 heavy (non-hydrogen) atoms. The van der Waals surface area contributed by atoms with Crippen molar-refractivity contribution in [3.8, 4) is 11.5 Å². The van der Waals surface area contributed by atoms with E-state index in [1.54, 1.807) is 24.3 Å². The van der Waals surface area contributed by atoms with Crippen LogP contribution in [-0.4, -0.2) is 28.8 Å². The summed E-state index contributed by atoms with van der Waals surface area (Å²) in [5, 5.41) is 11.4. The van der Waals surface area contributed by atoms with Crippen LogP contribution in [0.4, 0.5) is 5.69 Å². The van der Waals surface area contributed by atoms with E-state index in [4.69, 9.17) is 16.3 Å². The van der Waals surface area contributed by atoms with Crippen molar-refractivity contribution in [1.82, 2.24) is 4.90 Å². The van der Waals surface area contributed by atoms with Crippen LogP contribution in [0.25, 0.3) is 0 Å². The van der Waals surface area contributed by atoms with Crippen LogP contribution in [0, 0.1) is 16.0 Å². The van der Waals surface area contributed by atoms with Crippen LogP contribution in [0.1, 0.15) is 30.1 Å². The average molecular weight is 375 g/mol. The first kappa shape index (κ1) is 18.2. The molecule has 0 aliphatic carbocycles. The molecule has 2 aromatic carbocycles. The predicted octanol–water partition coefficient (Wildman–Crippen LogP) is 4.91. The lowest BCUT2D eigenvalue weighted by Crippen LogP contribution is -2.37. The summed E-state index contributed by atoms with van der Waals surface area (Å²) >= 11 is 5.80. The van der Waals surface area contributed by atoms with E-state index in [-0.39, 0.29) is 22.4 Å². The second kappa shape index (κ2) is 7.74. The van der Waals surface area contributed by atoms with Gasteiger partial charge in [0, 0.05) is 29.7 Å². The Morgan fingerprint density at radius 2 is 1.85 bits per heavy atom. The van der Waals surface area contributed by atoms with Gasteiger partial charge in [0.05, 0.1) is 4.92 Å². The van der Waals surface area contributed by atoms with E-state index in [1.807, 2.05) is 4.90 Å². The van der Waals surface area contributed by atoms with Gasteiger partial charge in [0.25, 0.3) is 5.91 Å². The van der Waals surface area contributed by atoms with E-state index in [2.05, 4.69) is 6.92 Å². The van der Waals surface area contributed by atoms with Crippen molar-refractivity contribution in [2.75, 3.05) is 13.1 Å². The number of carbonyl (C=O) groups excluding carboxylic acids is 1. The number of hydrogen-bond donors (Lipinski definition) is 0. The van der Waals surface area contributed by atoms with Crippen LogP contribution in [0.5, 0.6) is 11.5 Å². The average Bonchev–Trinajstić information content (AvgIpc) is 2.64. The SMILES string of the molecule is CC1CCN(C(=O)c2ccc(Oc3ccc(Cl)cc3[N+](=O)[O-])cc2)CC1. The molecule has 3 rings (SSSR count). The van der Waals surface area contributed by atoms with Crippen LogP contribution in [0.15, 0.2) is 42.5 Å². The van der Waals surface area contributed by atoms with Gasteiger partial charge in [0.2, 0.25) is 5.75 Å². The van der Waals surface area contributed by atoms with Crippen molar-refractivity contribution in [2.24, 2.45) is 5.92 Å². The Morgan fingerprint density at radius 1 is 1.19 bits per heavy atom. The van der Waals surface area contributed by atoms with Crippen LogP contribution in [0.3, 0.4) is 0 Å². The van der Waals surface area contributed by atoms with Gasteiger partial charge in [-0.05, 0) is 55.2 Å². The Morgan fingerprint density at radius 3 is 2.46 bits per heavy atom. The molecule has 1 aliphatic rings. The topological polar surface area (TPSA) is 72.7 Å². The molecule has 1 aliphatic heterocycles. The van der Waals surface area contributed by atoms with E-state index in [9.17, 15) is 14.9 Å². The summed E-state index contributed by atoms with van der Waals surface area (Å²) in [6.45, 7) is 3.74. The number of rotatable bonds is 4. The predicted molar refractivity (Wildman–Crippen MR) is 98.9 cm³/mol. The minimum atomic E-state index is -0.545. The van der Waals surface area contributed by atoms with Gasteiger partial charge < -0.3 is 9.64 Å². The summed E-state index contributed by atoms with van der Waals surface area (Å²) in [4.78, 5) is 25.0. The summed E-state index contributed by atoms with van der Waals surface area (Å²) < 4.78 is 5.59.